The van der Waals surface area contributed by atoms with Gasteiger partial charge in [0.25, 0.3) is 5.91 Å². The number of rotatable bonds is 11. The van der Waals surface area contributed by atoms with Gasteiger partial charge >= 0.3 is 0 Å². The zero-order valence-corrected chi connectivity index (χ0v) is 22.8. The Balaban J connectivity index is 1.52. The Morgan fingerprint density at radius 2 is 1.66 bits per heavy atom. The Morgan fingerprint density at radius 1 is 0.947 bits per heavy atom. The van der Waals surface area contributed by atoms with Crippen molar-refractivity contribution in [1.82, 2.24) is 14.9 Å². The summed E-state index contributed by atoms with van der Waals surface area (Å²) in [6.45, 7) is 7.36. The molecule has 0 aliphatic rings. The number of amides is 1. The Morgan fingerprint density at radius 3 is 2.34 bits per heavy atom. The number of aromatic nitrogens is 2. The monoisotopic (exact) mass is 517 g/mol. The van der Waals surface area contributed by atoms with Gasteiger partial charge in [0.05, 0.1) is 45.0 Å². The zero-order valence-electron chi connectivity index (χ0n) is 22.8. The quantitative estimate of drug-likeness (QED) is 0.259. The van der Waals surface area contributed by atoms with Gasteiger partial charge in [0, 0.05) is 12.1 Å². The first-order valence-electron chi connectivity index (χ1n) is 12.6. The van der Waals surface area contributed by atoms with Gasteiger partial charge in [0.2, 0.25) is 5.75 Å². The van der Waals surface area contributed by atoms with Gasteiger partial charge in [0.15, 0.2) is 11.5 Å². The fraction of sp³-hybridized carbons (Fsp3) is 0.333. The maximum atomic E-state index is 13.2. The van der Waals surface area contributed by atoms with E-state index in [-0.39, 0.29) is 11.9 Å². The van der Waals surface area contributed by atoms with Crippen molar-refractivity contribution in [2.45, 2.75) is 39.8 Å². The summed E-state index contributed by atoms with van der Waals surface area (Å²) in [6, 6.07) is 17.0. The predicted molar refractivity (Wildman–Crippen MR) is 148 cm³/mol. The smallest absolute Gasteiger partial charge is 0.252 e. The van der Waals surface area contributed by atoms with E-state index in [9.17, 15) is 4.79 Å². The first-order chi connectivity index (χ1) is 18.4. The largest absolute Gasteiger partial charge is 0.493 e. The van der Waals surface area contributed by atoms with Crippen molar-refractivity contribution in [3.8, 4) is 23.0 Å². The van der Waals surface area contributed by atoms with Crippen LogP contribution in [0.15, 0.2) is 54.6 Å². The van der Waals surface area contributed by atoms with Gasteiger partial charge in [-0.2, -0.15) is 0 Å². The highest BCUT2D eigenvalue weighted by atomic mass is 16.5. The normalized spacial score (nSPS) is 11.7. The minimum Gasteiger partial charge on any atom is -0.493 e. The number of imidazole rings is 1. The van der Waals surface area contributed by atoms with Crippen molar-refractivity contribution in [3.05, 3.63) is 77.1 Å². The zero-order chi connectivity index (χ0) is 27.2. The average Bonchev–Trinajstić information content (AvgIpc) is 3.31. The molecule has 4 aromatic rings. The fourth-order valence-electron chi connectivity index (χ4n) is 4.50. The number of hydrogen-bond donors (Lipinski definition) is 1. The van der Waals surface area contributed by atoms with Crippen LogP contribution < -0.4 is 24.3 Å². The van der Waals surface area contributed by atoms with E-state index in [1.165, 1.54) is 26.9 Å². The molecule has 0 spiro atoms. The third-order valence-corrected chi connectivity index (χ3v) is 6.68. The van der Waals surface area contributed by atoms with Crippen LogP contribution in [0.3, 0.4) is 0 Å². The molecule has 0 aliphatic heterocycles. The van der Waals surface area contributed by atoms with Crippen molar-refractivity contribution in [3.63, 3.8) is 0 Å². The minimum atomic E-state index is -0.353. The number of aryl methyl sites for hydroxylation is 2. The lowest BCUT2D eigenvalue weighted by atomic mass is 10.1. The van der Waals surface area contributed by atoms with Crippen LogP contribution in [0.25, 0.3) is 11.0 Å². The number of fused-ring (bicyclic) bond motifs is 1. The molecular formula is C30H35N3O5. The third kappa shape index (κ3) is 5.54. The summed E-state index contributed by atoms with van der Waals surface area (Å²) < 4.78 is 24.4. The Labute approximate surface area is 223 Å². The SMILES string of the molecule is COc1cc(C(=O)NC(C)c2nc3ccccc3n2CCCOc2cccc(C)c2C)cc(OC)c1OC. The second-order valence-corrected chi connectivity index (χ2v) is 9.12. The lowest BCUT2D eigenvalue weighted by molar-refractivity contribution is 0.0936. The molecule has 0 saturated carbocycles. The standard InChI is InChI=1S/C30H35N3O5/c1-19-11-9-14-25(20(19)2)38-16-10-15-33-24-13-8-7-12-23(24)32-29(33)21(3)31-30(34)22-17-26(35-4)28(37-6)27(18-22)36-5/h7-9,11-14,17-18,21H,10,15-16H2,1-6H3,(H,31,34). The number of hydrogen-bond acceptors (Lipinski definition) is 6. The van der Waals surface area contributed by atoms with Crippen LogP contribution in [-0.4, -0.2) is 43.4 Å². The molecule has 0 bridgehead atoms. The van der Waals surface area contributed by atoms with Gasteiger partial charge in [-0.3, -0.25) is 4.79 Å². The van der Waals surface area contributed by atoms with Crippen LogP contribution >= 0.6 is 0 Å². The number of methoxy groups -OCH3 is 3. The van der Waals surface area contributed by atoms with Gasteiger partial charge in [0.1, 0.15) is 11.6 Å². The Hall–Kier alpha value is -4.20. The summed E-state index contributed by atoms with van der Waals surface area (Å²) in [5.74, 6) is 2.69. The molecule has 1 atom stereocenters. The van der Waals surface area contributed by atoms with E-state index in [0.29, 0.717) is 36.0 Å². The van der Waals surface area contributed by atoms with E-state index in [1.54, 1.807) is 12.1 Å². The van der Waals surface area contributed by atoms with E-state index in [4.69, 9.17) is 23.9 Å². The van der Waals surface area contributed by atoms with Crippen LogP contribution in [-0.2, 0) is 6.54 Å². The molecule has 4 rings (SSSR count). The highest BCUT2D eigenvalue weighted by Crippen LogP contribution is 2.38. The molecule has 0 saturated heterocycles. The van der Waals surface area contributed by atoms with E-state index in [0.717, 1.165) is 34.6 Å². The van der Waals surface area contributed by atoms with Crippen LogP contribution in [0.4, 0.5) is 0 Å². The Bertz CT molecular complexity index is 1400. The summed E-state index contributed by atoms with van der Waals surface area (Å²) in [4.78, 5) is 18.1. The molecule has 3 aromatic carbocycles. The molecule has 1 amide bonds. The van der Waals surface area contributed by atoms with Crippen molar-refractivity contribution >= 4 is 16.9 Å². The fourth-order valence-corrected chi connectivity index (χ4v) is 4.50. The number of carbonyl (C=O) groups is 1. The molecule has 0 radical (unpaired) electrons. The highest BCUT2D eigenvalue weighted by molar-refractivity contribution is 5.96. The second kappa shape index (κ2) is 11.9. The average molecular weight is 518 g/mol. The molecule has 1 heterocycles. The molecule has 200 valence electrons. The Kier molecular flexibility index (Phi) is 8.41. The summed E-state index contributed by atoms with van der Waals surface area (Å²) in [5, 5.41) is 3.08. The summed E-state index contributed by atoms with van der Waals surface area (Å²) in [5.41, 5.74) is 4.66. The molecule has 1 N–H and O–H groups in total. The molecule has 8 heteroatoms. The number of nitrogens with one attached hydrogen (secondary N) is 1. The maximum absolute atomic E-state index is 13.2. The molecular weight excluding hydrogens is 482 g/mol. The first kappa shape index (κ1) is 26.9. The maximum Gasteiger partial charge on any atom is 0.252 e. The minimum absolute atomic E-state index is 0.270. The molecule has 0 fully saturated rings. The molecule has 1 aromatic heterocycles. The molecule has 1 unspecified atom stereocenters. The van der Waals surface area contributed by atoms with Gasteiger partial charge < -0.3 is 28.8 Å². The number of para-hydroxylation sites is 2. The number of carbonyl (C=O) groups excluding carboxylic acids is 1. The lowest BCUT2D eigenvalue weighted by Gasteiger charge is -2.18. The number of benzene rings is 3. The van der Waals surface area contributed by atoms with Crippen LogP contribution in [0.1, 0.15) is 46.7 Å². The van der Waals surface area contributed by atoms with Crippen molar-refractivity contribution < 1.29 is 23.7 Å². The number of ether oxygens (including phenoxy) is 4. The molecule has 0 aliphatic carbocycles. The first-order valence-corrected chi connectivity index (χ1v) is 12.6. The van der Waals surface area contributed by atoms with Gasteiger partial charge in [-0.15, -0.1) is 0 Å². The van der Waals surface area contributed by atoms with Gasteiger partial charge in [-0.25, -0.2) is 4.98 Å². The summed E-state index contributed by atoms with van der Waals surface area (Å²) >= 11 is 0. The van der Waals surface area contributed by atoms with E-state index < -0.39 is 0 Å². The van der Waals surface area contributed by atoms with Crippen molar-refractivity contribution in [2.24, 2.45) is 0 Å². The third-order valence-electron chi connectivity index (χ3n) is 6.68. The second-order valence-electron chi connectivity index (χ2n) is 9.12. The van der Waals surface area contributed by atoms with Gasteiger partial charge in [-0.05, 0) is 68.7 Å². The number of nitrogens with zero attached hydrogens (tertiary/aromatic N) is 2. The van der Waals surface area contributed by atoms with Crippen LogP contribution in [0.5, 0.6) is 23.0 Å². The topological polar surface area (TPSA) is 83.8 Å². The predicted octanol–water partition coefficient (Wildman–Crippen LogP) is 5.64. The van der Waals surface area contributed by atoms with Crippen molar-refractivity contribution in [2.75, 3.05) is 27.9 Å². The lowest BCUT2D eigenvalue weighted by Crippen LogP contribution is -2.29. The molecule has 38 heavy (non-hydrogen) atoms. The molecule has 8 nitrogen and oxygen atoms in total. The van der Waals surface area contributed by atoms with Crippen molar-refractivity contribution in [1.29, 1.82) is 0 Å². The van der Waals surface area contributed by atoms with E-state index in [1.807, 2.05) is 43.3 Å². The highest BCUT2D eigenvalue weighted by Gasteiger charge is 2.22. The summed E-state index contributed by atoms with van der Waals surface area (Å²) in [7, 11) is 4.57. The van der Waals surface area contributed by atoms with E-state index in [2.05, 4.69) is 29.8 Å². The van der Waals surface area contributed by atoms with Crippen LogP contribution in [0, 0.1) is 13.8 Å². The summed E-state index contributed by atoms with van der Waals surface area (Å²) in [6.07, 6.45) is 0.786. The van der Waals surface area contributed by atoms with Gasteiger partial charge in [-0.1, -0.05) is 24.3 Å². The van der Waals surface area contributed by atoms with E-state index >= 15 is 0 Å². The van der Waals surface area contributed by atoms with Crippen LogP contribution in [0.2, 0.25) is 0 Å².